The molecular weight excluding hydrogens is 298 g/mol. The van der Waals surface area contributed by atoms with E-state index in [1.54, 1.807) is 6.92 Å². The normalized spacial score (nSPS) is 12.3. The largest absolute Gasteiger partial charge is 0.466 e. The van der Waals surface area contributed by atoms with Gasteiger partial charge in [-0.05, 0) is 35.0 Å². The van der Waals surface area contributed by atoms with Crippen molar-refractivity contribution >= 4 is 21.9 Å². The molecule has 0 aliphatic rings. The molecule has 0 spiro atoms. The average molecular weight is 309 g/mol. The van der Waals surface area contributed by atoms with Crippen LogP contribution in [0, 0.1) is 11.6 Å². The Morgan fingerprint density at radius 2 is 2.12 bits per heavy atom. The number of esters is 1. The number of rotatable bonds is 4. The van der Waals surface area contributed by atoms with E-state index in [-0.39, 0.29) is 16.6 Å². The summed E-state index contributed by atoms with van der Waals surface area (Å²) in [4.78, 5) is 11.1. The molecule has 94 valence electrons. The Bertz CT molecular complexity index is 423. The van der Waals surface area contributed by atoms with E-state index in [0.717, 1.165) is 12.1 Å². The Balaban J connectivity index is 2.85. The van der Waals surface area contributed by atoms with Crippen molar-refractivity contribution in [3.63, 3.8) is 0 Å². The smallest absolute Gasteiger partial charge is 0.308 e. The van der Waals surface area contributed by atoms with Crippen LogP contribution in [-0.2, 0) is 9.53 Å². The second-order valence-corrected chi connectivity index (χ2v) is 4.17. The number of hydrogen-bond donors (Lipinski definition) is 1. The number of carbonyl (C=O) groups is 1. The van der Waals surface area contributed by atoms with Gasteiger partial charge in [-0.1, -0.05) is 0 Å². The van der Waals surface area contributed by atoms with Gasteiger partial charge >= 0.3 is 5.97 Å². The molecule has 0 aliphatic heterocycles. The van der Waals surface area contributed by atoms with Crippen LogP contribution in [0.1, 0.15) is 25.0 Å². The van der Waals surface area contributed by atoms with Crippen LogP contribution >= 0.6 is 15.9 Å². The highest BCUT2D eigenvalue weighted by Crippen LogP contribution is 2.26. The van der Waals surface area contributed by atoms with Gasteiger partial charge in [-0.2, -0.15) is 0 Å². The van der Waals surface area contributed by atoms with Gasteiger partial charge in [0.1, 0.15) is 11.6 Å². The molecule has 0 saturated heterocycles. The fraction of sp³-hybridized carbons (Fsp3) is 0.364. The summed E-state index contributed by atoms with van der Waals surface area (Å²) in [6.45, 7) is 1.78. The van der Waals surface area contributed by atoms with Gasteiger partial charge in [-0.25, -0.2) is 8.78 Å². The first-order valence-corrected chi connectivity index (χ1v) is 5.73. The van der Waals surface area contributed by atoms with Crippen LogP contribution in [0.25, 0.3) is 0 Å². The zero-order valence-corrected chi connectivity index (χ0v) is 10.6. The summed E-state index contributed by atoms with van der Waals surface area (Å²) in [7, 11) is 0. The minimum absolute atomic E-state index is 0.0397. The number of aliphatic hydroxyl groups is 1. The fourth-order valence-electron chi connectivity index (χ4n) is 1.28. The number of benzene rings is 1. The maximum atomic E-state index is 13.4. The summed E-state index contributed by atoms with van der Waals surface area (Å²) in [6.07, 6.45) is -1.83. The molecule has 1 N–H and O–H groups in total. The first kappa shape index (κ1) is 14.1. The van der Waals surface area contributed by atoms with E-state index in [9.17, 15) is 18.7 Å². The Labute approximate surface area is 106 Å². The highest BCUT2D eigenvalue weighted by molar-refractivity contribution is 9.10. The third kappa shape index (κ3) is 3.74. The minimum atomic E-state index is -1.42. The van der Waals surface area contributed by atoms with Crippen molar-refractivity contribution in [3.05, 3.63) is 33.8 Å². The van der Waals surface area contributed by atoms with Gasteiger partial charge < -0.3 is 9.84 Å². The van der Waals surface area contributed by atoms with Crippen molar-refractivity contribution in [3.8, 4) is 0 Å². The SMILES string of the molecule is CCOC(=O)CC(O)c1cc(F)c(Br)cc1F. The van der Waals surface area contributed by atoms with E-state index in [0.29, 0.717) is 0 Å². The summed E-state index contributed by atoms with van der Waals surface area (Å²) in [6, 6.07) is 1.75. The summed E-state index contributed by atoms with van der Waals surface area (Å²) >= 11 is 2.82. The highest BCUT2D eigenvalue weighted by atomic mass is 79.9. The molecule has 1 atom stereocenters. The molecule has 1 unspecified atom stereocenters. The lowest BCUT2D eigenvalue weighted by Gasteiger charge is -2.11. The molecule has 0 saturated carbocycles. The van der Waals surface area contributed by atoms with Crippen LogP contribution in [0.2, 0.25) is 0 Å². The second kappa shape index (κ2) is 6.07. The Kier molecular flexibility index (Phi) is 5.02. The van der Waals surface area contributed by atoms with Crippen molar-refractivity contribution in [1.29, 1.82) is 0 Å². The number of aliphatic hydroxyl groups excluding tert-OH is 1. The molecule has 0 radical (unpaired) electrons. The van der Waals surface area contributed by atoms with Crippen LogP contribution in [0.3, 0.4) is 0 Å². The van der Waals surface area contributed by atoms with Gasteiger partial charge in [0.25, 0.3) is 0 Å². The summed E-state index contributed by atoms with van der Waals surface area (Å²) in [5.41, 5.74) is -0.265. The molecule has 6 heteroatoms. The summed E-state index contributed by atoms with van der Waals surface area (Å²) < 4.78 is 31.1. The van der Waals surface area contributed by atoms with Crippen molar-refractivity contribution in [2.45, 2.75) is 19.4 Å². The lowest BCUT2D eigenvalue weighted by Crippen LogP contribution is -2.11. The predicted molar refractivity (Wildman–Crippen MR) is 60.3 cm³/mol. The van der Waals surface area contributed by atoms with E-state index in [4.69, 9.17) is 0 Å². The van der Waals surface area contributed by atoms with Crippen LogP contribution < -0.4 is 0 Å². The highest BCUT2D eigenvalue weighted by Gasteiger charge is 2.19. The van der Waals surface area contributed by atoms with E-state index >= 15 is 0 Å². The van der Waals surface area contributed by atoms with Gasteiger partial charge in [0.2, 0.25) is 0 Å². The van der Waals surface area contributed by atoms with Gasteiger partial charge in [-0.15, -0.1) is 0 Å². The van der Waals surface area contributed by atoms with Crippen molar-refractivity contribution in [2.24, 2.45) is 0 Å². The Morgan fingerprint density at radius 3 is 2.71 bits per heavy atom. The summed E-state index contributed by atoms with van der Waals surface area (Å²) in [5.74, 6) is -2.15. The molecule has 1 rings (SSSR count). The molecular formula is C11H11BrF2O3. The molecule has 3 nitrogen and oxygen atoms in total. The van der Waals surface area contributed by atoms with Crippen LogP contribution in [-0.4, -0.2) is 17.7 Å². The topological polar surface area (TPSA) is 46.5 Å². The lowest BCUT2D eigenvalue weighted by atomic mass is 10.1. The molecule has 0 aliphatic carbocycles. The monoisotopic (exact) mass is 308 g/mol. The van der Waals surface area contributed by atoms with E-state index in [1.165, 1.54) is 0 Å². The fourth-order valence-corrected chi connectivity index (χ4v) is 1.60. The van der Waals surface area contributed by atoms with E-state index in [1.807, 2.05) is 0 Å². The first-order valence-electron chi connectivity index (χ1n) is 4.93. The number of hydrogen-bond acceptors (Lipinski definition) is 3. The van der Waals surface area contributed by atoms with E-state index in [2.05, 4.69) is 20.7 Å². The maximum Gasteiger partial charge on any atom is 0.308 e. The van der Waals surface area contributed by atoms with Gasteiger partial charge in [-0.3, -0.25) is 4.79 Å². The maximum absolute atomic E-state index is 13.4. The predicted octanol–water partition coefficient (Wildman–Crippen LogP) is 2.71. The molecule has 17 heavy (non-hydrogen) atoms. The van der Waals surface area contributed by atoms with Gasteiger partial charge in [0, 0.05) is 5.56 Å². The van der Waals surface area contributed by atoms with Crippen molar-refractivity contribution in [2.75, 3.05) is 6.61 Å². The standard InChI is InChI=1S/C11H11BrF2O3/c1-2-17-11(16)5-10(15)6-3-9(14)7(12)4-8(6)13/h3-4,10,15H,2,5H2,1H3. The lowest BCUT2D eigenvalue weighted by molar-refractivity contribution is -0.145. The van der Waals surface area contributed by atoms with Gasteiger partial charge in [0.05, 0.1) is 23.6 Å². The third-order valence-corrected chi connectivity index (χ3v) is 2.67. The zero-order valence-electron chi connectivity index (χ0n) is 9.04. The van der Waals surface area contributed by atoms with Crippen LogP contribution in [0.15, 0.2) is 16.6 Å². The molecule has 1 aromatic rings. The Hall–Kier alpha value is -1.01. The molecule has 0 bridgehead atoms. The average Bonchev–Trinajstić information content (AvgIpc) is 2.23. The second-order valence-electron chi connectivity index (χ2n) is 3.31. The molecule has 0 aromatic heterocycles. The number of halogens is 3. The number of carbonyl (C=O) groups excluding carboxylic acids is 1. The first-order chi connectivity index (χ1) is 7.95. The minimum Gasteiger partial charge on any atom is -0.466 e. The quantitative estimate of drug-likeness (QED) is 0.687. The molecule has 0 fully saturated rings. The van der Waals surface area contributed by atoms with E-state index < -0.39 is 30.1 Å². The molecule has 0 amide bonds. The zero-order chi connectivity index (χ0) is 13.0. The number of ether oxygens (including phenoxy) is 1. The summed E-state index contributed by atoms with van der Waals surface area (Å²) in [5, 5.41) is 9.59. The van der Waals surface area contributed by atoms with Crippen LogP contribution in [0.5, 0.6) is 0 Å². The van der Waals surface area contributed by atoms with Gasteiger partial charge in [0.15, 0.2) is 0 Å². The van der Waals surface area contributed by atoms with Crippen molar-refractivity contribution < 1.29 is 23.4 Å². The third-order valence-electron chi connectivity index (χ3n) is 2.06. The Morgan fingerprint density at radius 1 is 1.47 bits per heavy atom. The molecule has 0 heterocycles. The molecule has 1 aromatic carbocycles. The van der Waals surface area contributed by atoms with Crippen molar-refractivity contribution in [1.82, 2.24) is 0 Å². The van der Waals surface area contributed by atoms with Crippen LogP contribution in [0.4, 0.5) is 8.78 Å².